The van der Waals surface area contributed by atoms with Crippen molar-refractivity contribution in [2.75, 3.05) is 43.4 Å². The van der Waals surface area contributed by atoms with E-state index >= 15 is 0 Å². The normalized spacial score (nSPS) is 18.7. The molecule has 2 aromatic carbocycles. The number of nitrogens with zero attached hydrogens (tertiary/aromatic N) is 3. The number of amides is 1. The van der Waals surface area contributed by atoms with Crippen LogP contribution in [-0.4, -0.2) is 49.0 Å². The number of benzene rings is 2. The van der Waals surface area contributed by atoms with Gasteiger partial charge in [0.25, 0.3) is 11.6 Å². The van der Waals surface area contributed by atoms with E-state index in [9.17, 15) is 14.9 Å². The van der Waals surface area contributed by atoms with Crippen LogP contribution >= 0.6 is 11.8 Å². The molecule has 0 radical (unpaired) electrons. The largest absolute Gasteiger partial charge is 0.368 e. The molecule has 2 heterocycles. The van der Waals surface area contributed by atoms with Gasteiger partial charge in [-0.1, -0.05) is 23.9 Å². The first-order valence-corrected chi connectivity index (χ1v) is 9.85. The van der Waals surface area contributed by atoms with E-state index in [1.807, 2.05) is 24.3 Å². The first-order chi connectivity index (χ1) is 13.5. The van der Waals surface area contributed by atoms with Crippen molar-refractivity contribution in [2.24, 2.45) is 0 Å². The van der Waals surface area contributed by atoms with Gasteiger partial charge in [0.1, 0.15) is 0 Å². The number of hydrogen-bond acceptors (Lipinski definition) is 6. The average Bonchev–Trinajstić information content (AvgIpc) is 2.69. The molecule has 0 unspecified atom stereocenters. The van der Waals surface area contributed by atoms with Gasteiger partial charge in [-0.15, -0.1) is 0 Å². The van der Waals surface area contributed by atoms with E-state index in [2.05, 4.69) is 22.2 Å². The standard InChI is InChI=1S/C20H20N4O3S/c1-22-8-10-23(11-9-22)17-7-6-15(24(26)27)12-14(17)13-19-20(25)21-16-4-2-3-5-18(16)28-19/h2-7,12-13H,8-11H2,1H3,(H,21,25)/b19-13+. The lowest BCUT2D eigenvalue weighted by Crippen LogP contribution is -2.44. The molecule has 0 atom stereocenters. The average molecular weight is 396 g/mol. The Hall–Kier alpha value is -2.84. The zero-order valence-electron chi connectivity index (χ0n) is 15.4. The predicted octanol–water partition coefficient (Wildman–Crippen LogP) is 3.43. The monoisotopic (exact) mass is 396 g/mol. The molecule has 144 valence electrons. The number of thioether (sulfide) groups is 1. The molecule has 4 rings (SSSR count). The number of piperazine rings is 1. The summed E-state index contributed by atoms with van der Waals surface area (Å²) < 4.78 is 0. The minimum absolute atomic E-state index is 0.0198. The summed E-state index contributed by atoms with van der Waals surface area (Å²) >= 11 is 1.38. The number of anilines is 2. The van der Waals surface area contributed by atoms with Gasteiger partial charge in [-0.25, -0.2) is 0 Å². The fraction of sp³-hybridized carbons (Fsp3) is 0.250. The maximum absolute atomic E-state index is 12.6. The van der Waals surface area contributed by atoms with Crippen LogP contribution in [0.5, 0.6) is 0 Å². The van der Waals surface area contributed by atoms with Gasteiger partial charge in [-0.2, -0.15) is 0 Å². The number of nitro benzene ring substituents is 1. The summed E-state index contributed by atoms with van der Waals surface area (Å²) in [6.07, 6.45) is 1.76. The van der Waals surface area contributed by atoms with Crippen LogP contribution in [0.1, 0.15) is 5.56 Å². The smallest absolute Gasteiger partial charge is 0.270 e. The van der Waals surface area contributed by atoms with E-state index in [1.54, 1.807) is 18.2 Å². The number of fused-ring (bicyclic) bond motifs is 1. The topological polar surface area (TPSA) is 78.7 Å². The van der Waals surface area contributed by atoms with Crippen molar-refractivity contribution in [3.05, 3.63) is 63.0 Å². The first kappa shape index (κ1) is 18.5. The van der Waals surface area contributed by atoms with E-state index in [4.69, 9.17) is 0 Å². The number of likely N-dealkylation sites (N-methyl/N-ethyl adjacent to an activating group) is 1. The van der Waals surface area contributed by atoms with Crippen LogP contribution in [0, 0.1) is 10.1 Å². The molecule has 1 N–H and O–H groups in total. The Morgan fingerprint density at radius 2 is 1.89 bits per heavy atom. The summed E-state index contributed by atoms with van der Waals surface area (Å²) in [6, 6.07) is 12.5. The number of nitrogens with one attached hydrogen (secondary N) is 1. The van der Waals surface area contributed by atoms with Crippen LogP contribution in [0.15, 0.2) is 52.3 Å². The lowest BCUT2D eigenvalue weighted by Gasteiger charge is -2.35. The van der Waals surface area contributed by atoms with E-state index < -0.39 is 4.92 Å². The Balaban J connectivity index is 1.73. The Morgan fingerprint density at radius 3 is 2.64 bits per heavy atom. The maximum atomic E-state index is 12.6. The molecule has 2 aliphatic rings. The van der Waals surface area contributed by atoms with Crippen molar-refractivity contribution >= 4 is 40.8 Å². The van der Waals surface area contributed by atoms with Crippen LogP contribution in [0.2, 0.25) is 0 Å². The highest BCUT2D eigenvalue weighted by Crippen LogP contribution is 2.40. The Labute approximate surface area is 167 Å². The van der Waals surface area contributed by atoms with Gasteiger partial charge in [0.2, 0.25) is 0 Å². The van der Waals surface area contributed by atoms with E-state index in [1.165, 1.54) is 17.8 Å². The molecule has 8 heteroatoms. The number of carbonyl (C=O) groups excluding carboxylic acids is 1. The van der Waals surface area contributed by atoms with Gasteiger partial charge in [-0.3, -0.25) is 14.9 Å². The van der Waals surface area contributed by atoms with Crippen LogP contribution in [-0.2, 0) is 4.79 Å². The minimum Gasteiger partial charge on any atom is -0.368 e. The van der Waals surface area contributed by atoms with E-state index in [-0.39, 0.29) is 11.6 Å². The first-order valence-electron chi connectivity index (χ1n) is 9.03. The van der Waals surface area contributed by atoms with Crippen molar-refractivity contribution in [3.8, 4) is 0 Å². The number of rotatable bonds is 3. The third-order valence-corrected chi connectivity index (χ3v) is 6.03. The quantitative estimate of drug-likeness (QED) is 0.486. The van der Waals surface area contributed by atoms with Gasteiger partial charge in [-0.05, 0) is 31.3 Å². The molecule has 2 aliphatic heterocycles. The van der Waals surface area contributed by atoms with Crippen LogP contribution in [0.25, 0.3) is 6.08 Å². The number of hydrogen-bond donors (Lipinski definition) is 1. The Kier molecular flexibility index (Phi) is 5.06. The third-order valence-electron chi connectivity index (χ3n) is 4.93. The lowest BCUT2D eigenvalue weighted by molar-refractivity contribution is -0.384. The van der Waals surface area contributed by atoms with Crippen molar-refractivity contribution < 1.29 is 9.72 Å². The van der Waals surface area contributed by atoms with Crippen LogP contribution in [0.3, 0.4) is 0 Å². The Bertz CT molecular complexity index is 968. The molecule has 2 aromatic rings. The number of para-hydroxylation sites is 1. The summed E-state index contributed by atoms with van der Waals surface area (Å²) in [5.74, 6) is -0.195. The third kappa shape index (κ3) is 3.74. The number of nitro groups is 1. The summed E-state index contributed by atoms with van der Waals surface area (Å²) in [6.45, 7) is 3.53. The molecule has 28 heavy (non-hydrogen) atoms. The molecule has 1 amide bonds. The second-order valence-corrected chi connectivity index (χ2v) is 7.94. The van der Waals surface area contributed by atoms with E-state index in [0.29, 0.717) is 10.5 Å². The highest BCUT2D eigenvalue weighted by molar-refractivity contribution is 8.04. The fourth-order valence-electron chi connectivity index (χ4n) is 3.35. The molecular formula is C20H20N4O3S. The van der Waals surface area contributed by atoms with Crippen molar-refractivity contribution in [2.45, 2.75) is 4.90 Å². The lowest BCUT2D eigenvalue weighted by atomic mass is 10.1. The second kappa shape index (κ2) is 7.65. The van der Waals surface area contributed by atoms with Crippen molar-refractivity contribution in [1.29, 1.82) is 0 Å². The second-order valence-electron chi connectivity index (χ2n) is 6.85. The number of carbonyl (C=O) groups is 1. The zero-order valence-corrected chi connectivity index (χ0v) is 16.2. The molecule has 0 saturated carbocycles. The SMILES string of the molecule is CN1CCN(c2ccc([N+](=O)[O-])cc2/C=C2/Sc3ccccc3NC2=O)CC1. The molecular weight excluding hydrogens is 376 g/mol. The molecule has 0 aliphatic carbocycles. The van der Waals surface area contributed by atoms with Crippen LogP contribution < -0.4 is 10.2 Å². The summed E-state index contributed by atoms with van der Waals surface area (Å²) in [4.78, 5) is 29.4. The van der Waals surface area contributed by atoms with Gasteiger partial charge in [0, 0.05) is 54.5 Å². The van der Waals surface area contributed by atoms with Crippen LogP contribution in [0.4, 0.5) is 17.1 Å². The molecule has 0 aromatic heterocycles. The van der Waals surface area contributed by atoms with Gasteiger partial charge in [0.15, 0.2) is 0 Å². The van der Waals surface area contributed by atoms with Crippen molar-refractivity contribution in [1.82, 2.24) is 4.90 Å². The molecule has 0 bridgehead atoms. The molecule has 0 spiro atoms. The highest BCUT2D eigenvalue weighted by Gasteiger charge is 2.23. The predicted molar refractivity (Wildman–Crippen MR) is 112 cm³/mol. The fourth-order valence-corrected chi connectivity index (χ4v) is 4.29. The van der Waals surface area contributed by atoms with Gasteiger partial charge in [0.05, 0.1) is 15.5 Å². The van der Waals surface area contributed by atoms with Gasteiger partial charge < -0.3 is 15.1 Å². The van der Waals surface area contributed by atoms with Gasteiger partial charge >= 0.3 is 0 Å². The van der Waals surface area contributed by atoms with Crippen molar-refractivity contribution in [3.63, 3.8) is 0 Å². The summed E-state index contributed by atoms with van der Waals surface area (Å²) in [5, 5.41) is 14.2. The molecule has 1 saturated heterocycles. The molecule has 1 fully saturated rings. The molecule has 7 nitrogen and oxygen atoms in total. The minimum atomic E-state index is -0.404. The summed E-state index contributed by atoms with van der Waals surface area (Å²) in [5.41, 5.74) is 2.41. The maximum Gasteiger partial charge on any atom is 0.270 e. The van der Waals surface area contributed by atoms with E-state index in [0.717, 1.165) is 42.4 Å². The number of non-ortho nitro benzene ring substituents is 1. The highest BCUT2D eigenvalue weighted by atomic mass is 32.2. The zero-order chi connectivity index (χ0) is 19.7. The Morgan fingerprint density at radius 1 is 1.14 bits per heavy atom. The summed E-state index contributed by atoms with van der Waals surface area (Å²) in [7, 11) is 2.08.